The highest BCUT2D eigenvalue weighted by Crippen LogP contribution is 2.23. The lowest BCUT2D eigenvalue weighted by Crippen LogP contribution is -2.37. The van der Waals surface area contributed by atoms with Gasteiger partial charge in [0.15, 0.2) is 0 Å². The average Bonchev–Trinajstić information content (AvgIpc) is 3.21. The maximum absolute atomic E-state index is 13.3. The van der Waals surface area contributed by atoms with Crippen LogP contribution in [-0.4, -0.2) is 35.2 Å². The SMILES string of the molecule is O=C(c1ccc2ccccc2c1)N(Cc1ccccc1O)CC1CCCO1. The quantitative estimate of drug-likeness (QED) is 0.734. The first-order valence-corrected chi connectivity index (χ1v) is 9.37. The van der Waals surface area contributed by atoms with E-state index in [1.807, 2.05) is 54.6 Å². The molecular weight excluding hydrogens is 338 g/mol. The summed E-state index contributed by atoms with van der Waals surface area (Å²) in [6.07, 6.45) is 2.04. The Balaban J connectivity index is 1.63. The van der Waals surface area contributed by atoms with Crippen LogP contribution < -0.4 is 0 Å². The summed E-state index contributed by atoms with van der Waals surface area (Å²) in [6.45, 7) is 1.64. The third kappa shape index (κ3) is 3.96. The van der Waals surface area contributed by atoms with E-state index in [-0.39, 0.29) is 17.8 Å². The van der Waals surface area contributed by atoms with E-state index in [1.165, 1.54) is 0 Å². The van der Waals surface area contributed by atoms with Crippen molar-refractivity contribution in [3.63, 3.8) is 0 Å². The first-order chi connectivity index (χ1) is 13.2. The average molecular weight is 361 g/mol. The van der Waals surface area contributed by atoms with Gasteiger partial charge in [-0.15, -0.1) is 0 Å². The molecule has 1 atom stereocenters. The number of nitrogens with zero attached hydrogens (tertiary/aromatic N) is 1. The number of rotatable bonds is 5. The van der Waals surface area contributed by atoms with Gasteiger partial charge in [0.05, 0.1) is 6.10 Å². The number of carbonyl (C=O) groups is 1. The van der Waals surface area contributed by atoms with Gasteiger partial charge in [0.2, 0.25) is 0 Å². The molecule has 1 amide bonds. The zero-order valence-corrected chi connectivity index (χ0v) is 15.2. The molecule has 3 aromatic rings. The Morgan fingerprint density at radius 1 is 1.04 bits per heavy atom. The third-order valence-corrected chi connectivity index (χ3v) is 5.08. The van der Waals surface area contributed by atoms with Gasteiger partial charge in [-0.2, -0.15) is 0 Å². The van der Waals surface area contributed by atoms with Gasteiger partial charge in [0.1, 0.15) is 5.75 Å². The number of hydrogen-bond donors (Lipinski definition) is 1. The fourth-order valence-corrected chi connectivity index (χ4v) is 3.61. The molecule has 0 saturated carbocycles. The van der Waals surface area contributed by atoms with Gasteiger partial charge in [-0.05, 0) is 41.8 Å². The van der Waals surface area contributed by atoms with Crippen molar-refractivity contribution >= 4 is 16.7 Å². The van der Waals surface area contributed by atoms with Gasteiger partial charge in [-0.1, -0.05) is 48.5 Å². The van der Waals surface area contributed by atoms with E-state index in [9.17, 15) is 9.90 Å². The molecule has 0 aromatic heterocycles. The second-order valence-electron chi connectivity index (χ2n) is 7.01. The number of carbonyl (C=O) groups excluding carboxylic acids is 1. The summed E-state index contributed by atoms with van der Waals surface area (Å²) in [5, 5.41) is 12.3. The molecule has 4 rings (SSSR count). The van der Waals surface area contributed by atoms with E-state index in [1.54, 1.807) is 17.0 Å². The molecule has 0 radical (unpaired) electrons. The van der Waals surface area contributed by atoms with Crippen molar-refractivity contribution in [2.75, 3.05) is 13.2 Å². The highest BCUT2D eigenvalue weighted by atomic mass is 16.5. The van der Waals surface area contributed by atoms with Crippen molar-refractivity contribution < 1.29 is 14.6 Å². The zero-order chi connectivity index (χ0) is 18.6. The number of ether oxygens (including phenoxy) is 1. The second kappa shape index (κ2) is 7.80. The molecule has 27 heavy (non-hydrogen) atoms. The van der Waals surface area contributed by atoms with Gasteiger partial charge in [0, 0.05) is 30.8 Å². The highest BCUT2D eigenvalue weighted by molar-refractivity contribution is 5.98. The molecule has 4 heteroatoms. The number of aromatic hydroxyl groups is 1. The Morgan fingerprint density at radius 2 is 1.81 bits per heavy atom. The maximum Gasteiger partial charge on any atom is 0.254 e. The minimum atomic E-state index is -0.0421. The van der Waals surface area contributed by atoms with Gasteiger partial charge >= 0.3 is 0 Å². The monoisotopic (exact) mass is 361 g/mol. The molecule has 1 aliphatic rings. The van der Waals surface area contributed by atoms with E-state index in [0.717, 1.165) is 35.8 Å². The topological polar surface area (TPSA) is 49.8 Å². The van der Waals surface area contributed by atoms with Crippen LogP contribution >= 0.6 is 0 Å². The Hall–Kier alpha value is -2.85. The molecule has 1 fully saturated rings. The van der Waals surface area contributed by atoms with Crippen molar-refractivity contribution in [2.45, 2.75) is 25.5 Å². The third-order valence-electron chi connectivity index (χ3n) is 5.08. The van der Waals surface area contributed by atoms with E-state index in [0.29, 0.717) is 18.7 Å². The molecule has 1 saturated heterocycles. The number of hydrogen-bond acceptors (Lipinski definition) is 3. The van der Waals surface area contributed by atoms with Crippen LogP contribution in [0, 0.1) is 0 Å². The lowest BCUT2D eigenvalue weighted by Gasteiger charge is -2.26. The molecule has 138 valence electrons. The maximum atomic E-state index is 13.3. The molecule has 0 spiro atoms. The summed E-state index contributed by atoms with van der Waals surface area (Å²) in [6, 6.07) is 21.0. The van der Waals surface area contributed by atoms with Crippen LogP contribution in [0.5, 0.6) is 5.75 Å². The van der Waals surface area contributed by atoms with Crippen LogP contribution in [-0.2, 0) is 11.3 Å². The first kappa shape index (κ1) is 17.6. The Morgan fingerprint density at radius 3 is 2.59 bits per heavy atom. The number of fused-ring (bicyclic) bond motifs is 1. The van der Waals surface area contributed by atoms with Crippen molar-refractivity contribution in [3.8, 4) is 5.75 Å². The fourth-order valence-electron chi connectivity index (χ4n) is 3.61. The van der Waals surface area contributed by atoms with Crippen molar-refractivity contribution in [3.05, 3.63) is 77.9 Å². The molecule has 1 heterocycles. The van der Waals surface area contributed by atoms with Crippen LogP contribution in [0.15, 0.2) is 66.7 Å². The number of benzene rings is 3. The number of amides is 1. The molecule has 0 bridgehead atoms. The second-order valence-corrected chi connectivity index (χ2v) is 7.01. The van der Waals surface area contributed by atoms with Crippen molar-refractivity contribution in [2.24, 2.45) is 0 Å². The van der Waals surface area contributed by atoms with Crippen LogP contribution in [0.25, 0.3) is 10.8 Å². The van der Waals surface area contributed by atoms with E-state index < -0.39 is 0 Å². The summed E-state index contributed by atoms with van der Waals surface area (Å²) in [4.78, 5) is 15.1. The Labute approximate surface area is 159 Å². The van der Waals surface area contributed by atoms with Gasteiger partial charge in [-0.25, -0.2) is 0 Å². The molecule has 1 unspecified atom stereocenters. The summed E-state index contributed by atoms with van der Waals surface area (Å²) in [7, 11) is 0. The van der Waals surface area contributed by atoms with E-state index in [2.05, 4.69) is 0 Å². The summed E-state index contributed by atoms with van der Waals surface area (Å²) < 4.78 is 5.75. The molecular formula is C23H23NO3. The van der Waals surface area contributed by atoms with Crippen LogP contribution in [0.2, 0.25) is 0 Å². The van der Waals surface area contributed by atoms with Gasteiger partial charge in [-0.3, -0.25) is 4.79 Å². The van der Waals surface area contributed by atoms with Crippen molar-refractivity contribution in [1.29, 1.82) is 0 Å². The van der Waals surface area contributed by atoms with E-state index in [4.69, 9.17) is 4.74 Å². The lowest BCUT2D eigenvalue weighted by atomic mass is 10.1. The molecule has 1 aliphatic heterocycles. The number of para-hydroxylation sites is 1. The first-order valence-electron chi connectivity index (χ1n) is 9.37. The summed E-state index contributed by atoms with van der Waals surface area (Å²) >= 11 is 0. The number of phenols is 1. The lowest BCUT2D eigenvalue weighted by molar-refractivity contribution is 0.0506. The van der Waals surface area contributed by atoms with Crippen molar-refractivity contribution in [1.82, 2.24) is 4.90 Å². The smallest absolute Gasteiger partial charge is 0.254 e. The van der Waals surface area contributed by atoms with Crippen LogP contribution in [0.3, 0.4) is 0 Å². The van der Waals surface area contributed by atoms with Gasteiger partial charge < -0.3 is 14.7 Å². The predicted molar refractivity (Wildman–Crippen MR) is 106 cm³/mol. The Kier molecular flexibility index (Phi) is 5.07. The zero-order valence-electron chi connectivity index (χ0n) is 15.2. The minimum Gasteiger partial charge on any atom is -0.508 e. The molecule has 1 N–H and O–H groups in total. The predicted octanol–water partition coefficient (Wildman–Crippen LogP) is 4.37. The largest absolute Gasteiger partial charge is 0.508 e. The molecule has 4 nitrogen and oxygen atoms in total. The summed E-state index contributed by atoms with van der Waals surface area (Å²) in [5.41, 5.74) is 1.40. The normalized spacial score (nSPS) is 16.5. The number of phenolic OH excluding ortho intramolecular Hbond substituents is 1. The van der Waals surface area contributed by atoms with E-state index >= 15 is 0 Å². The van der Waals surface area contributed by atoms with Crippen LogP contribution in [0.1, 0.15) is 28.8 Å². The Bertz CT molecular complexity index is 947. The molecule has 0 aliphatic carbocycles. The molecule has 3 aromatic carbocycles. The van der Waals surface area contributed by atoms with Gasteiger partial charge in [0.25, 0.3) is 5.91 Å². The summed E-state index contributed by atoms with van der Waals surface area (Å²) in [5.74, 6) is 0.167. The van der Waals surface area contributed by atoms with Crippen LogP contribution in [0.4, 0.5) is 0 Å². The highest BCUT2D eigenvalue weighted by Gasteiger charge is 2.24. The fraction of sp³-hybridized carbons (Fsp3) is 0.261. The minimum absolute atomic E-state index is 0.0421. The standard InChI is InChI=1S/C23H23NO3/c25-22-10-4-3-8-20(22)15-24(16-21-9-5-13-27-21)23(26)19-12-11-17-6-1-2-7-18(17)14-19/h1-4,6-8,10-12,14,21,25H,5,9,13,15-16H2.